The Bertz CT molecular complexity index is 326. The summed E-state index contributed by atoms with van der Waals surface area (Å²) >= 11 is 11.2. The number of carbonyl (C=O) groups is 1. The lowest BCUT2D eigenvalue weighted by molar-refractivity contribution is -0.117. The minimum absolute atomic E-state index is 0.476. The molecule has 0 saturated heterocycles. The Balaban J connectivity index is 2.77. The number of carbonyl (C=O) groups excluding carboxylic acids is 1. The standard InChI is InChI=1S/C10H10Cl2O2/c1-2-8(10(12)13)14-9-6-4-3-5-7(9)11/h3-6,8H,2H2,1H3. The van der Waals surface area contributed by atoms with Gasteiger partial charge in [-0.2, -0.15) is 0 Å². The van der Waals surface area contributed by atoms with Gasteiger partial charge in [-0.1, -0.05) is 30.7 Å². The van der Waals surface area contributed by atoms with Crippen molar-refractivity contribution in [3.05, 3.63) is 29.3 Å². The smallest absolute Gasteiger partial charge is 0.262 e. The van der Waals surface area contributed by atoms with Gasteiger partial charge in [0.25, 0.3) is 5.24 Å². The molecule has 0 saturated carbocycles. The van der Waals surface area contributed by atoms with Crippen molar-refractivity contribution in [3.8, 4) is 5.75 Å². The van der Waals surface area contributed by atoms with E-state index in [4.69, 9.17) is 27.9 Å². The highest BCUT2D eigenvalue weighted by molar-refractivity contribution is 6.64. The molecule has 0 N–H and O–H groups in total. The maximum Gasteiger partial charge on any atom is 0.262 e. The summed E-state index contributed by atoms with van der Waals surface area (Å²) in [6.07, 6.45) is -0.107. The summed E-state index contributed by atoms with van der Waals surface area (Å²) in [5, 5.41) is -0.0312. The Morgan fingerprint density at radius 1 is 1.50 bits per heavy atom. The van der Waals surface area contributed by atoms with Crippen LogP contribution in [0.4, 0.5) is 0 Å². The molecule has 0 spiro atoms. The predicted molar refractivity (Wildman–Crippen MR) is 57.0 cm³/mol. The van der Waals surface area contributed by atoms with Gasteiger partial charge in [-0.3, -0.25) is 4.79 Å². The number of hydrogen-bond donors (Lipinski definition) is 0. The highest BCUT2D eigenvalue weighted by Gasteiger charge is 2.16. The molecule has 0 amide bonds. The molecule has 0 aliphatic heterocycles. The van der Waals surface area contributed by atoms with E-state index in [1.807, 2.05) is 6.92 Å². The van der Waals surface area contributed by atoms with Crippen molar-refractivity contribution in [1.82, 2.24) is 0 Å². The number of halogens is 2. The molecule has 4 heteroatoms. The van der Waals surface area contributed by atoms with Gasteiger partial charge in [0.1, 0.15) is 5.75 Å². The van der Waals surface area contributed by atoms with Gasteiger partial charge in [0.15, 0.2) is 6.10 Å². The zero-order valence-corrected chi connectivity index (χ0v) is 9.18. The first-order valence-electron chi connectivity index (χ1n) is 4.25. The lowest BCUT2D eigenvalue weighted by atomic mass is 10.3. The topological polar surface area (TPSA) is 26.3 Å². The summed E-state index contributed by atoms with van der Waals surface area (Å²) in [5.41, 5.74) is 0. The predicted octanol–water partition coefficient (Wildman–Crippen LogP) is 3.26. The maximum atomic E-state index is 10.9. The average Bonchev–Trinajstić information content (AvgIpc) is 2.16. The lowest BCUT2D eigenvalue weighted by Crippen LogP contribution is -2.22. The SMILES string of the molecule is CCC(Oc1ccccc1Cl)C(=O)Cl. The van der Waals surface area contributed by atoms with Gasteiger partial charge in [-0.15, -0.1) is 0 Å². The van der Waals surface area contributed by atoms with E-state index in [9.17, 15) is 4.79 Å². The van der Waals surface area contributed by atoms with Crippen molar-refractivity contribution in [2.75, 3.05) is 0 Å². The van der Waals surface area contributed by atoms with E-state index in [-0.39, 0.29) is 0 Å². The number of hydrogen-bond acceptors (Lipinski definition) is 2. The van der Waals surface area contributed by atoms with E-state index in [0.29, 0.717) is 17.2 Å². The fraction of sp³-hybridized carbons (Fsp3) is 0.300. The van der Waals surface area contributed by atoms with Crippen molar-refractivity contribution in [2.45, 2.75) is 19.4 Å². The van der Waals surface area contributed by atoms with Crippen molar-refractivity contribution in [2.24, 2.45) is 0 Å². The highest BCUT2D eigenvalue weighted by Crippen LogP contribution is 2.25. The van der Waals surface area contributed by atoms with Crippen LogP contribution >= 0.6 is 23.2 Å². The molecule has 0 aromatic heterocycles. The molecule has 76 valence electrons. The Kier molecular flexibility index (Phi) is 4.23. The van der Waals surface area contributed by atoms with Gasteiger partial charge in [-0.05, 0) is 30.2 Å². The van der Waals surface area contributed by atoms with Crippen LogP contribution in [0, 0.1) is 0 Å². The first-order chi connectivity index (χ1) is 6.65. The quantitative estimate of drug-likeness (QED) is 0.746. The molecule has 2 nitrogen and oxygen atoms in total. The van der Waals surface area contributed by atoms with Gasteiger partial charge < -0.3 is 4.74 Å². The van der Waals surface area contributed by atoms with E-state index in [1.165, 1.54) is 0 Å². The first kappa shape index (κ1) is 11.3. The summed E-state index contributed by atoms with van der Waals surface area (Å²) in [4.78, 5) is 10.9. The fourth-order valence-electron chi connectivity index (χ4n) is 0.984. The largest absolute Gasteiger partial charge is 0.480 e. The summed E-state index contributed by atoms with van der Waals surface area (Å²) in [6.45, 7) is 1.82. The van der Waals surface area contributed by atoms with Crippen LogP contribution in [0.15, 0.2) is 24.3 Å². The van der Waals surface area contributed by atoms with E-state index >= 15 is 0 Å². The number of benzene rings is 1. The molecule has 1 aromatic carbocycles. The number of para-hydroxylation sites is 1. The molecule has 0 fully saturated rings. The second-order valence-corrected chi connectivity index (χ2v) is 3.53. The Labute approximate surface area is 92.8 Å². The molecule has 0 bridgehead atoms. The monoisotopic (exact) mass is 232 g/mol. The van der Waals surface area contributed by atoms with E-state index in [1.54, 1.807) is 24.3 Å². The van der Waals surface area contributed by atoms with Gasteiger partial charge in [0.2, 0.25) is 0 Å². The molecule has 0 heterocycles. The van der Waals surface area contributed by atoms with Gasteiger partial charge in [0, 0.05) is 0 Å². The summed E-state index contributed by atoms with van der Waals surface area (Å²) in [6, 6.07) is 6.97. The van der Waals surface area contributed by atoms with E-state index in [0.717, 1.165) is 0 Å². The minimum atomic E-state index is -0.628. The van der Waals surface area contributed by atoms with Crippen LogP contribution < -0.4 is 4.74 Å². The zero-order valence-electron chi connectivity index (χ0n) is 7.67. The van der Waals surface area contributed by atoms with E-state index in [2.05, 4.69) is 0 Å². The molecule has 1 atom stereocenters. The van der Waals surface area contributed by atoms with Crippen LogP contribution in [0.3, 0.4) is 0 Å². The minimum Gasteiger partial charge on any atom is -0.480 e. The first-order valence-corrected chi connectivity index (χ1v) is 5.01. The molecule has 14 heavy (non-hydrogen) atoms. The molecule has 1 unspecified atom stereocenters. The Hall–Kier alpha value is -0.730. The molecule has 0 aliphatic rings. The Morgan fingerprint density at radius 3 is 2.64 bits per heavy atom. The average molecular weight is 233 g/mol. The number of ether oxygens (including phenoxy) is 1. The van der Waals surface area contributed by atoms with Crippen LogP contribution in [0.5, 0.6) is 5.75 Å². The molecule has 0 radical (unpaired) electrons. The molecular formula is C10H10Cl2O2. The second-order valence-electron chi connectivity index (χ2n) is 2.75. The third kappa shape index (κ3) is 2.89. The van der Waals surface area contributed by atoms with Gasteiger partial charge >= 0.3 is 0 Å². The number of rotatable bonds is 4. The third-order valence-corrected chi connectivity index (χ3v) is 2.29. The molecule has 0 aliphatic carbocycles. The normalized spacial score (nSPS) is 12.2. The van der Waals surface area contributed by atoms with Crippen molar-refractivity contribution < 1.29 is 9.53 Å². The van der Waals surface area contributed by atoms with E-state index < -0.39 is 11.3 Å². The lowest BCUT2D eigenvalue weighted by Gasteiger charge is -2.13. The van der Waals surface area contributed by atoms with Crippen LogP contribution in [0.2, 0.25) is 5.02 Å². The van der Waals surface area contributed by atoms with Crippen LogP contribution in [0.25, 0.3) is 0 Å². The molecular weight excluding hydrogens is 223 g/mol. The highest BCUT2D eigenvalue weighted by atomic mass is 35.5. The molecule has 1 aromatic rings. The Morgan fingerprint density at radius 2 is 2.14 bits per heavy atom. The summed E-state index contributed by atoms with van der Waals surface area (Å²) in [5.74, 6) is 0.481. The van der Waals surface area contributed by atoms with Crippen LogP contribution in [-0.2, 0) is 4.79 Å². The van der Waals surface area contributed by atoms with Gasteiger partial charge in [-0.25, -0.2) is 0 Å². The molecule has 1 rings (SSSR count). The summed E-state index contributed by atoms with van der Waals surface area (Å²) in [7, 11) is 0. The zero-order chi connectivity index (χ0) is 10.6. The van der Waals surface area contributed by atoms with Crippen molar-refractivity contribution in [3.63, 3.8) is 0 Å². The fourth-order valence-corrected chi connectivity index (χ4v) is 1.36. The summed E-state index contributed by atoms with van der Waals surface area (Å²) < 4.78 is 5.34. The van der Waals surface area contributed by atoms with Crippen molar-refractivity contribution in [1.29, 1.82) is 0 Å². The van der Waals surface area contributed by atoms with Crippen LogP contribution in [-0.4, -0.2) is 11.3 Å². The maximum absolute atomic E-state index is 10.9. The van der Waals surface area contributed by atoms with Crippen LogP contribution in [0.1, 0.15) is 13.3 Å². The third-order valence-electron chi connectivity index (χ3n) is 1.73. The van der Waals surface area contributed by atoms with Gasteiger partial charge in [0.05, 0.1) is 5.02 Å². The second kappa shape index (κ2) is 5.23. The van der Waals surface area contributed by atoms with Crippen molar-refractivity contribution >= 4 is 28.4 Å².